The molecule has 0 aliphatic carbocycles. The standard InChI is InChI=1S/C11H12F3N3O4/c1-6(4-21-5-11(12,13)14)17-9(18)7-2-16-8(3-15-7)10(19)20/h2-3,6H,4-5H2,1H3,(H,17,18)(H,19,20). The van der Waals surface area contributed by atoms with Gasteiger partial charge in [-0.25, -0.2) is 14.8 Å². The fraction of sp³-hybridized carbons (Fsp3) is 0.455. The van der Waals surface area contributed by atoms with Gasteiger partial charge in [0, 0.05) is 6.04 Å². The second-order valence-corrected chi connectivity index (χ2v) is 4.10. The highest BCUT2D eigenvalue weighted by molar-refractivity contribution is 5.92. The normalized spacial score (nSPS) is 12.8. The Labute approximate surface area is 117 Å². The molecule has 10 heteroatoms. The van der Waals surface area contributed by atoms with Crippen LogP contribution in [0.15, 0.2) is 12.4 Å². The number of aromatic carboxylic acids is 1. The summed E-state index contributed by atoms with van der Waals surface area (Å²) in [5.41, 5.74) is -0.476. The van der Waals surface area contributed by atoms with Crippen molar-refractivity contribution in [2.45, 2.75) is 19.1 Å². The van der Waals surface area contributed by atoms with Crippen LogP contribution in [0.25, 0.3) is 0 Å². The number of nitrogens with one attached hydrogen (secondary N) is 1. The Bertz CT molecular complexity index is 504. The van der Waals surface area contributed by atoms with Crippen LogP contribution in [0.1, 0.15) is 27.9 Å². The number of alkyl halides is 3. The first-order valence-corrected chi connectivity index (χ1v) is 5.69. The van der Waals surface area contributed by atoms with Crippen molar-refractivity contribution < 1.29 is 32.6 Å². The molecule has 0 saturated heterocycles. The maximum absolute atomic E-state index is 11.9. The van der Waals surface area contributed by atoms with Crippen molar-refractivity contribution in [2.75, 3.05) is 13.2 Å². The third-order valence-electron chi connectivity index (χ3n) is 2.11. The second-order valence-electron chi connectivity index (χ2n) is 4.10. The number of hydrogen-bond acceptors (Lipinski definition) is 5. The predicted octanol–water partition coefficient (Wildman–Crippen LogP) is 0.872. The smallest absolute Gasteiger partial charge is 0.411 e. The van der Waals surface area contributed by atoms with E-state index in [1.165, 1.54) is 6.92 Å². The van der Waals surface area contributed by atoms with E-state index in [1.807, 2.05) is 0 Å². The summed E-state index contributed by atoms with van der Waals surface area (Å²) in [7, 11) is 0. The number of carbonyl (C=O) groups excluding carboxylic acids is 1. The van der Waals surface area contributed by atoms with E-state index in [2.05, 4.69) is 20.0 Å². The Hall–Kier alpha value is -2.23. The predicted molar refractivity (Wildman–Crippen MR) is 62.8 cm³/mol. The molecule has 1 rings (SSSR count). The van der Waals surface area contributed by atoms with E-state index in [9.17, 15) is 22.8 Å². The van der Waals surface area contributed by atoms with Crippen LogP contribution in [0, 0.1) is 0 Å². The molecule has 0 saturated carbocycles. The highest BCUT2D eigenvalue weighted by Gasteiger charge is 2.27. The minimum Gasteiger partial charge on any atom is -0.476 e. The molecule has 1 unspecified atom stereocenters. The van der Waals surface area contributed by atoms with Crippen molar-refractivity contribution in [3.05, 3.63) is 23.8 Å². The molecule has 0 spiro atoms. The molecule has 21 heavy (non-hydrogen) atoms. The SMILES string of the molecule is CC(COCC(F)(F)F)NC(=O)c1cnc(C(=O)O)cn1. The van der Waals surface area contributed by atoms with Gasteiger partial charge in [-0.1, -0.05) is 0 Å². The summed E-state index contributed by atoms with van der Waals surface area (Å²) >= 11 is 0. The maximum Gasteiger partial charge on any atom is 0.411 e. The van der Waals surface area contributed by atoms with Gasteiger partial charge in [-0.2, -0.15) is 13.2 Å². The van der Waals surface area contributed by atoms with Crippen LogP contribution in [0.5, 0.6) is 0 Å². The number of carboxylic acid groups (broad SMARTS) is 1. The molecule has 1 aromatic rings. The third-order valence-corrected chi connectivity index (χ3v) is 2.11. The molecule has 7 nitrogen and oxygen atoms in total. The molecule has 0 aliphatic heterocycles. The van der Waals surface area contributed by atoms with Crippen LogP contribution in [0.3, 0.4) is 0 Å². The van der Waals surface area contributed by atoms with Crippen LogP contribution >= 0.6 is 0 Å². The molecule has 1 atom stereocenters. The zero-order valence-electron chi connectivity index (χ0n) is 10.8. The van der Waals surface area contributed by atoms with Gasteiger partial charge in [-0.3, -0.25) is 4.79 Å². The minimum absolute atomic E-state index is 0.150. The Balaban J connectivity index is 2.47. The van der Waals surface area contributed by atoms with Crippen LogP contribution in [0.2, 0.25) is 0 Å². The zero-order valence-corrected chi connectivity index (χ0v) is 10.8. The molecule has 1 heterocycles. The topological polar surface area (TPSA) is 101 Å². The minimum atomic E-state index is -4.43. The van der Waals surface area contributed by atoms with E-state index in [4.69, 9.17) is 5.11 Å². The van der Waals surface area contributed by atoms with Gasteiger partial charge < -0.3 is 15.2 Å². The molecule has 1 amide bonds. The number of ether oxygens (including phenoxy) is 1. The molecule has 1 aromatic heterocycles. The number of nitrogens with zero attached hydrogens (tertiary/aromatic N) is 2. The van der Waals surface area contributed by atoms with E-state index < -0.39 is 30.7 Å². The van der Waals surface area contributed by atoms with E-state index in [1.54, 1.807) is 0 Å². The Kier molecular flexibility index (Phi) is 5.59. The maximum atomic E-state index is 11.9. The van der Waals surface area contributed by atoms with Gasteiger partial charge in [0.1, 0.15) is 12.3 Å². The lowest BCUT2D eigenvalue weighted by atomic mass is 10.3. The van der Waals surface area contributed by atoms with E-state index in [-0.39, 0.29) is 18.0 Å². The van der Waals surface area contributed by atoms with Crippen LogP contribution in [-0.2, 0) is 4.74 Å². The van der Waals surface area contributed by atoms with Gasteiger partial charge in [-0.05, 0) is 6.92 Å². The molecular formula is C11H12F3N3O4. The van der Waals surface area contributed by atoms with Gasteiger partial charge in [0.2, 0.25) is 0 Å². The van der Waals surface area contributed by atoms with Gasteiger partial charge in [0.25, 0.3) is 5.91 Å². The summed E-state index contributed by atoms with van der Waals surface area (Å²) in [5.74, 6) is -1.98. The lowest BCUT2D eigenvalue weighted by molar-refractivity contribution is -0.174. The number of hydrogen-bond donors (Lipinski definition) is 2. The number of rotatable bonds is 6. The molecule has 0 aromatic carbocycles. The van der Waals surface area contributed by atoms with E-state index >= 15 is 0 Å². The summed E-state index contributed by atoms with van der Waals surface area (Å²) in [6.45, 7) is -0.278. The summed E-state index contributed by atoms with van der Waals surface area (Å²) < 4.78 is 40.0. The molecule has 0 aliphatic rings. The molecule has 2 N–H and O–H groups in total. The number of aromatic nitrogens is 2. The highest BCUT2D eigenvalue weighted by Crippen LogP contribution is 2.14. The number of carbonyl (C=O) groups is 2. The first-order valence-electron chi connectivity index (χ1n) is 5.69. The van der Waals surface area contributed by atoms with Crippen molar-refractivity contribution in [1.82, 2.24) is 15.3 Å². The van der Waals surface area contributed by atoms with Crippen LogP contribution in [0.4, 0.5) is 13.2 Å². The summed E-state index contributed by atoms with van der Waals surface area (Å²) in [4.78, 5) is 29.3. The lowest BCUT2D eigenvalue weighted by Gasteiger charge is -2.14. The molecule has 0 bridgehead atoms. The number of halogens is 3. The van der Waals surface area contributed by atoms with Gasteiger partial charge >= 0.3 is 12.1 Å². The first kappa shape index (κ1) is 16.8. The Morgan fingerprint density at radius 3 is 2.38 bits per heavy atom. The largest absolute Gasteiger partial charge is 0.476 e. The first-order chi connectivity index (χ1) is 9.69. The quantitative estimate of drug-likeness (QED) is 0.808. The summed E-state index contributed by atoms with van der Waals surface area (Å²) in [6, 6.07) is -0.680. The monoisotopic (exact) mass is 307 g/mol. The highest BCUT2D eigenvalue weighted by atomic mass is 19.4. The average Bonchev–Trinajstić information content (AvgIpc) is 2.37. The Morgan fingerprint density at radius 2 is 1.90 bits per heavy atom. The van der Waals surface area contributed by atoms with E-state index in [0.29, 0.717) is 0 Å². The van der Waals surface area contributed by atoms with Crippen molar-refractivity contribution in [1.29, 1.82) is 0 Å². The van der Waals surface area contributed by atoms with Gasteiger partial charge in [0.15, 0.2) is 5.69 Å². The van der Waals surface area contributed by atoms with Gasteiger partial charge in [0.05, 0.1) is 19.0 Å². The fourth-order valence-corrected chi connectivity index (χ4v) is 1.25. The number of carboxylic acids is 1. The van der Waals surface area contributed by atoms with Crippen molar-refractivity contribution in [3.8, 4) is 0 Å². The third kappa shape index (κ3) is 6.17. The zero-order chi connectivity index (χ0) is 16.0. The summed E-state index contributed by atoms with van der Waals surface area (Å²) in [5, 5.41) is 11.0. The van der Waals surface area contributed by atoms with Crippen LogP contribution < -0.4 is 5.32 Å². The molecule has 0 fully saturated rings. The fourth-order valence-electron chi connectivity index (χ4n) is 1.25. The van der Waals surface area contributed by atoms with Crippen molar-refractivity contribution >= 4 is 11.9 Å². The average molecular weight is 307 g/mol. The Morgan fingerprint density at radius 1 is 1.33 bits per heavy atom. The van der Waals surface area contributed by atoms with E-state index in [0.717, 1.165) is 12.4 Å². The molecular weight excluding hydrogens is 295 g/mol. The second kappa shape index (κ2) is 6.97. The van der Waals surface area contributed by atoms with Gasteiger partial charge in [-0.15, -0.1) is 0 Å². The molecule has 0 radical (unpaired) electrons. The van der Waals surface area contributed by atoms with Crippen LogP contribution in [-0.4, -0.2) is 52.4 Å². The lowest BCUT2D eigenvalue weighted by Crippen LogP contribution is -2.37. The summed E-state index contributed by atoms with van der Waals surface area (Å²) in [6.07, 6.45) is -2.56. The van der Waals surface area contributed by atoms with Crippen molar-refractivity contribution in [3.63, 3.8) is 0 Å². The molecule has 116 valence electrons. The number of amides is 1. The van der Waals surface area contributed by atoms with Crippen molar-refractivity contribution in [2.24, 2.45) is 0 Å².